The molecule has 0 radical (unpaired) electrons. The van der Waals surface area contributed by atoms with Gasteiger partial charge in [0.1, 0.15) is 11.9 Å². The van der Waals surface area contributed by atoms with Gasteiger partial charge in [0.2, 0.25) is 0 Å². The maximum atomic E-state index is 12.2. The van der Waals surface area contributed by atoms with Gasteiger partial charge in [0.05, 0.1) is 6.04 Å². The Morgan fingerprint density at radius 1 is 1.37 bits per heavy atom. The zero-order valence-electron chi connectivity index (χ0n) is 11.8. The van der Waals surface area contributed by atoms with E-state index in [0.29, 0.717) is 6.54 Å². The van der Waals surface area contributed by atoms with Crippen molar-refractivity contribution in [2.24, 2.45) is 0 Å². The van der Waals surface area contributed by atoms with Crippen molar-refractivity contribution in [1.29, 1.82) is 0 Å². The molecule has 19 heavy (non-hydrogen) atoms. The van der Waals surface area contributed by atoms with Gasteiger partial charge in [-0.05, 0) is 33.6 Å². The zero-order valence-corrected chi connectivity index (χ0v) is 12.6. The first-order valence-electron chi connectivity index (χ1n) is 6.75. The van der Waals surface area contributed by atoms with Crippen LogP contribution in [-0.4, -0.2) is 58.1 Å². The Balaban J connectivity index is 2.10. The molecule has 2 aliphatic heterocycles. The first-order valence-corrected chi connectivity index (χ1v) is 7.69. The molecular weight excluding hydrogens is 264 g/mol. The number of rotatable bonds is 1. The highest BCUT2D eigenvalue weighted by atomic mass is 32.2. The van der Waals surface area contributed by atoms with Crippen molar-refractivity contribution in [2.45, 2.75) is 51.3 Å². The van der Waals surface area contributed by atoms with Crippen LogP contribution in [0.15, 0.2) is 0 Å². The molecule has 1 amide bonds. The summed E-state index contributed by atoms with van der Waals surface area (Å²) in [6, 6.07) is -0.0482. The molecule has 3 atom stereocenters. The Morgan fingerprint density at radius 2 is 2.11 bits per heavy atom. The van der Waals surface area contributed by atoms with Gasteiger partial charge in [0, 0.05) is 24.9 Å². The highest BCUT2D eigenvalue weighted by Gasteiger charge is 2.39. The first-order chi connectivity index (χ1) is 8.90. The highest BCUT2D eigenvalue weighted by Crippen LogP contribution is 2.29. The standard InChI is InChI=1S/C13H22N2O3S/c1-13(2,3)18-12(17)14-7-11(9-16)15-8-10(14)5-4-6-19-15/h9-11H,4-8H2,1-3H3/t10-,11-/m1/s1. The van der Waals surface area contributed by atoms with Gasteiger partial charge in [-0.1, -0.05) is 11.9 Å². The molecule has 0 aromatic heterocycles. The SMILES string of the molecule is CC(C)(C)OC(=O)N1C[C@H](C=O)N2C[C@H]1CCCS2. The number of amides is 1. The van der Waals surface area contributed by atoms with Gasteiger partial charge in [-0.25, -0.2) is 9.10 Å². The molecular formula is C13H22N2O3S. The summed E-state index contributed by atoms with van der Waals surface area (Å²) < 4.78 is 7.56. The number of carbonyl (C=O) groups excluding carboxylic acids is 2. The van der Waals surface area contributed by atoms with Gasteiger partial charge in [-0.3, -0.25) is 0 Å². The number of hydrogen-bond donors (Lipinski definition) is 0. The summed E-state index contributed by atoms with van der Waals surface area (Å²) in [5, 5.41) is 0. The molecule has 0 spiro atoms. The summed E-state index contributed by atoms with van der Waals surface area (Å²) in [4.78, 5) is 25.2. The second-order valence-electron chi connectivity index (χ2n) is 6.07. The molecule has 0 aromatic rings. The summed E-state index contributed by atoms with van der Waals surface area (Å²) >= 11 is 1.72. The maximum Gasteiger partial charge on any atom is 0.410 e. The third-order valence-electron chi connectivity index (χ3n) is 3.31. The lowest BCUT2D eigenvalue weighted by molar-refractivity contribution is -0.112. The minimum atomic E-state index is -0.496. The average Bonchev–Trinajstić information content (AvgIpc) is 2.51. The van der Waals surface area contributed by atoms with E-state index >= 15 is 0 Å². The molecule has 108 valence electrons. The van der Waals surface area contributed by atoms with Crippen LogP contribution < -0.4 is 0 Å². The first kappa shape index (κ1) is 14.7. The van der Waals surface area contributed by atoms with Crippen LogP contribution in [0.25, 0.3) is 0 Å². The predicted molar refractivity (Wildman–Crippen MR) is 75.0 cm³/mol. The van der Waals surface area contributed by atoms with E-state index in [2.05, 4.69) is 4.31 Å². The third kappa shape index (κ3) is 3.63. The minimum Gasteiger partial charge on any atom is -0.444 e. The van der Waals surface area contributed by atoms with Gasteiger partial charge in [0.25, 0.3) is 0 Å². The normalized spacial score (nSPS) is 31.5. The van der Waals surface area contributed by atoms with Gasteiger partial charge >= 0.3 is 6.09 Å². The molecule has 2 heterocycles. The van der Waals surface area contributed by atoms with Crippen molar-refractivity contribution in [3.8, 4) is 0 Å². The van der Waals surface area contributed by atoms with E-state index in [9.17, 15) is 9.59 Å². The lowest BCUT2D eigenvalue weighted by Gasteiger charge is -2.42. The number of carbonyl (C=O) groups is 2. The summed E-state index contributed by atoms with van der Waals surface area (Å²) in [6.45, 7) is 6.79. The molecule has 6 heteroatoms. The molecule has 0 aromatic carbocycles. The molecule has 0 N–H and O–H groups in total. The maximum absolute atomic E-state index is 12.2. The molecule has 2 bridgehead atoms. The zero-order chi connectivity index (χ0) is 14.0. The highest BCUT2D eigenvalue weighted by molar-refractivity contribution is 7.97. The molecule has 0 aliphatic carbocycles. The average molecular weight is 286 g/mol. The summed E-state index contributed by atoms with van der Waals surface area (Å²) in [7, 11) is 0. The predicted octanol–water partition coefficient (Wildman–Crippen LogP) is 1.92. The van der Waals surface area contributed by atoms with Gasteiger partial charge < -0.3 is 14.4 Å². The van der Waals surface area contributed by atoms with Crippen molar-refractivity contribution in [3.05, 3.63) is 0 Å². The molecule has 0 saturated carbocycles. The fraction of sp³-hybridized carbons (Fsp3) is 0.846. The molecule has 2 fully saturated rings. The van der Waals surface area contributed by atoms with Crippen molar-refractivity contribution < 1.29 is 14.3 Å². The van der Waals surface area contributed by atoms with Crippen LogP contribution in [-0.2, 0) is 9.53 Å². The molecule has 5 nitrogen and oxygen atoms in total. The number of ether oxygens (including phenoxy) is 1. The van der Waals surface area contributed by atoms with E-state index in [1.807, 2.05) is 20.8 Å². The Hall–Kier alpha value is -0.750. The number of hydrogen-bond acceptors (Lipinski definition) is 5. The Labute approximate surface area is 118 Å². The summed E-state index contributed by atoms with van der Waals surface area (Å²) in [6.07, 6.45) is 2.69. The molecule has 1 unspecified atom stereocenters. The van der Waals surface area contributed by atoms with Crippen LogP contribution in [0.5, 0.6) is 0 Å². The van der Waals surface area contributed by atoms with Crippen molar-refractivity contribution >= 4 is 24.3 Å². The molecule has 2 aliphatic rings. The van der Waals surface area contributed by atoms with E-state index < -0.39 is 5.60 Å². The second kappa shape index (κ2) is 5.71. The van der Waals surface area contributed by atoms with E-state index in [0.717, 1.165) is 31.4 Å². The Kier molecular flexibility index (Phi) is 4.40. The quantitative estimate of drug-likeness (QED) is 0.544. The molecule has 2 rings (SSSR count). The van der Waals surface area contributed by atoms with E-state index in [4.69, 9.17) is 4.74 Å². The van der Waals surface area contributed by atoms with Crippen LogP contribution in [0.2, 0.25) is 0 Å². The minimum absolute atomic E-state index is 0.168. The van der Waals surface area contributed by atoms with Gasteiger partial charge in [-0.15, -0.1) is 0 Å². The Bertz CT molecular complexity index is 356. The fourth-order valence-corrected chi connectivity index (χ4v) is 3.55. The largest absolute Gasteiger partial charge is 0.444 e. The van der Waals surface area contributed by atoms with E-state index in [1.165, 1.54) is 0 Å². The van der Waals surface area contributed by atoms with Crippen molar-refractivity contribution in [3.63, 3.8) is 0 Å². The lowest BCUT2D eigenvalue weighted by Crippen LogP contribution is -2.58. The topological polar surface area (TPSA) is 49.9 Å². The second-order valence-corrected chi connectivity index (χ2v) is 7.20. The number of aldehydes is 1. The number of fused-ring (bicyclic) bond motifs is 2. The smallest absolute Gasteiger partial charge is 0.410 e. The molecule has 2 saturated heterocycles. The van der Waals surface area contributed by atoms with Crippen LogP contribution in [0.1, 0.15) is 33.6 Å². The fourth-order valence-electron chi connectivity index (χ4n) is 2.43. The van der Waals surface area contributed by atoms with E-state index in [1.54, 1.807) is 16.8 Å². The lowest BCUT2D eigenvalue weighted by atomic mass is 10.1. The number of piperazine rings is 1. The van der Waals surface area contributed by atoms with Crippen LogP contribution in [0.3, 0.4) is 0 Å². The van der Waals surface area contributed by atoms with Crippen LogP contribution >= 0.6 is 11.9 Å². The van der Waals surface area contributed by atoms with Crippen LogP contribution in [0.4, 0.5) is 4.79 Å². The third-order valence-corrected chi connectivity index (χ3v) is 4.53. The van der Waals surface area contributed by atoms with E-state index in [-0.39, 0.29) is 18.2 Å². The number of nitrogens with zero attached hydrogens (tertiary/aromatic N) is 2. The van der Waals surface area contributed by atoms with Crippen molar-refractivity contribution in [2.75, 3.05) is 18.8 Å². The van der Waals surface area contributed by atoms with Gasteiger partial charge in [-0.2, -0.15) is 0 Å². The monoisotopic (exact) mass is 286 g/mol. The van der Waals surface area contributed by atoms with Crippen molar-refractivity contribution in [1.82, 2.24) is 9.21 Å². The van der Waals surface area contributed by atoms with Gasteiger partial charge in [0.15, 0.2) is 0 Å². The Morgan fingerprint density at radius 3 is 2.74 bits per heavy atom. The van der Waals surface area contributed by atoms with Crippen LogP contribution in [0, 0.1) is 0 Å². The summed E-state index contributed by atoms with van der Waals surface area (Å²) in [5.74, 6) is 1.02. The summed E-state index contributed by atoms with van der Waals surface area (Å²) in [5.41, 5.74) is -0.496.